The Bertz CT molecular complexity index is 216. The van der Waals surface area contributed by atoms with Gasteiger partial charge in [-0.05, 0) is 65.8 Å². The molecule has 0 aliphatic carbocycles. The van der Waals surface area contributed by atoms with Crippen LogP contribution in [-0.2, 0) is 0 Å². The molecule has 0 radical (unpaired) electrons. The van der Waals surface area contributed by atoms with E-state index in [1.807, 2.05) is 0 Å². The van der Waals surface area contributed by atoms with Crippen LogP contribution < -0.4 is 5.32 Å². The van der Waals surface area contributed by atoms with E-state index in [1.54, 1.807) is 0 Å². The molecule has 0 amide bonds. The number of likely N-dealkylation sites (tertiary alicyclic amines) is 2. The molecular formula is C14H29N3. The van der Waals surface area contributed by atoms with E-state index in [4.69, 9.17) is 0 Å². The van der Waals surface area contributed by atoms with Crippen molar-refractivity contribution in [2.24, 2.45) is 0 Å². The lowest BCUT2D eigenvalue weighted by Gasteiger charge is -2.40. The highest BCUT2D eigenvalue weighted by Gasteiger charge is 2.28. The lowest BCUT2D eigenvalue weighted by molar-refractivity contribution is 0.127. The number of nitrogens with one attached hydrogen (secondary N) is 1. The summed E-state index contributed by atoms with van der Waals surface area (Å²) in [5.41, 5.74) is 0.391. The molecule has 0 aromatic carbocycles. The highest BCUT2D eigenvalue weighted by atomic mass is 15.2. The van der Waals surface area contributed by atoms with Crippen LogP contribution in [0.3, 0.4) is 0 Å². The van der Waals surface area contributed by atoms with Crippen molar-refractivity contribution in [3.63, 3.8) is 0 Å². The minimum Gasteiger partial charge on any atom is -0.314 e. The maximum atomic E-state index is 3.47. The Morgan fingerprint density at radius 3 is 1.94 bits per heavy atom. The van der Waals surface area contributed by atoms with Gasteiger partial charge in [0.25, 0.3) is 0 Å². The third kappa shape index (κ3) is 3.94. The molecule has 0 aromatic rings. The summed E-state index contributed by atoms with van der Waals surface area (Å²) < 4.78 is 0. The molecular weight excluding hydrogens is 210 g/mol. The first-order chi connectivity index (χ1) is 8.22. The van der Waals surface area contributed by atoms with Gasteiger partial charge in [0, 0.05) is 18.6 Å². The first kappa shape index (κ1) is 13.3. The van der Waals surface area contributed by atoms with Crippen molar-refractivity contribution in [2.75, 3.05) is 46.3 Å². The molecule has 0 atom stereocenters. The predicted molar refractivity (Wildman–Crippen MR) is 73.4 cm³/mol. The van der Waals surface area contributed by atoms with Crippen molar-refractivity contribution in [3.05, 3.63) is 0 Å². The third-order valence-electron chi connectivity index (χ3n) is 4.74. The average molecular weight is 239 g/mol. The summed E-state index contributed by atoms with van der Waals surface area (Å²) >= 11 is 0. The fourth-order valence-electron chi connectivity index (χ4n) is 2.99. The fraction of sp³-hybridized carbons (Fsp3) is 1.00. The van der Waals surface area contributed by atoms with Crippen LogP contribution >= 0.6 is 0 Å². The Labute approximate surface area is 107 Å². The van der Waals surface area contributed by atoms with Crippen LogP contribution in [0.15, 0.2) is 0 Å². The molecule has 3 heteroatoms. The van der Waals surface area contributed by atoms with E-state index >= 15 is 0 Å². The van der Waals surface area contributed by atoms with E-state index in [-0.39, 0.29) is 0 Å². The Morgan fingerprint density at radius 2 is 1.41 bits per heavy atom. The SMILES string of the molecule is CNC1(C)CCN(CCN2CCCCC2)CC1. The van der Waals surface area contributed by atoms with Gasteiger partial charge in [-0.15, -0.1) is 0 Å². The van der Waals surface area contributed by atoms with Crippen molar-refractivity contribution in [2.45, 2.75) is 44.6 Å². The molecule has 0 bridgehead atoms. The second kappa shape index (κ2) is 6.17. The predicted octanol–water partition coefficient (Wildman–Crippen LogP) is 1.55. The normalized spacial score (nSPS) is 27.2. The molecule has 0 unspecified atom stereocenters. The Kier molecular flexibility index (Phi) is 4.83. The number of piperidine rings is 2. The zero-order valence-electron chi connectivity index (χ0n) is 11.7. The van der Waals surface area contributed by atoms with E-state index in [2.05, 4.69) is 29.1 Å². The van der Waals surface area contributed by atoms with Crippen LogP contribution in [0.25, 0.3) is 0 Å². The topological polar surface area (TPSA) is 18.5 Å². The van der Waals surface area contributed by atoms with Crippen molar-refractivity contribution >= 4 is 0 Å². The summed E-state index contributed by atoms with van der Waals surface area (Å²) in [5, 5.41) is 3.47. The van der Waals surface area contributed by atoms with Gasteiger partial charge >= 0.3 is 0 Å². The molecule has 3 nitrogen and oxygen atoms in total. The Morgan fingerprint density at radius 1 is 0.882 bits per heavy atom. The van der Waals surface area contributed by atoms with E-state index in [0.29, 0.717) is 5.54 Å². The molecule has 2 rings (SSSR count). The largest absolute Gasteiger partial charge is 0.314 e. The van der Waals surface area contributed by atoms with Crippen LogP contribution in [0, 0.1) is 0 Å². The number of nitrogens with zero attached hydrogens (tertiary/aromatic N) is 2. The summed E-state index contributed by atoms with van der Waals surface area (Å²) in [6.07, 6.45) is 6.86. The van der Waals surface area contributed by atoms with Gasteiger partial charge < -0.3 is 15.1 Å². The second-order valence-corrected chi connectivity index (χ2v) is 6.05. The van der Waals surface area contributed by atoms with Gasteiger partial charge in [0.05, 0.1) is 0 Å². The standard InChI is InChI=1S/C14H29N3/c1-14(15-2)6-10-17(11-7-14)13-12-16-8-4-3-5-9-16/h15H,3-13H2,1-2H3. The molecule has 2 aliphatic rings. The minimum absolute atomic E-state index is 0.391. The summed E-state index contributed by atoms with van der Waals surface area (Å²) in [7, 11) is 2.10. The molecule has 17 heavy (non-hydrogen) atoms. The van der Waals surface area contributed by atoms with Gasteiger partial charge in [-0.3, -0.25) is 0 Å². The van der Waals surface area contributed by atoms with E-state index in [0.717, 1.165) is 0 Å². The number of rotatable bonds is 4. The van der Waals surface area contributed by atoms with Crippen LogP contribution in [-0.4, -0.2) is 61.7 Å². The lowest BCUT2D eigenvalue weighted by Crippen LogP contribution is -2.51. The van der Waals surface area contributed by atoms with E-state index in [9.17, 15) is 0 Å². The molecule has 0 saturated carbocycles. The van der Waals surface area contributed by atoms with Crippen molar-refractivity contribution in [3.8, 4) is 0 Å². The monoisotopic (exact) mass is 239 g/mol. The average Bonchev–Trinajstić information content (AvgIpc) is 2.39. The zero-order chi connectivity index (χ0) is 12.1. The lowest BCUT2D eigenvalue weighted by atomic mass is 9.90. The Balaban J connectivity index is 1.64. The molecule has 2 aliphatic heterocycles. The van der Waals surface area contributed by atoms with Crippen molar-refractivity contribution in [1.29, 1.82) is 0 Å². The quantitative estimate of drug-likeness (QED) is 0.803. The van der Waals surface area contributed by atoms with Gasteiger partial charge in [0.15, 0.2) is 0 Å². The molecule has 0 aromatic heterocycles. The maximum Gasteiger partial charge on any atom is 0.0174 e. The van der Waals surface area contributed by atoms with Crippen LogP contribution in [0.5, 0.6) is 0 Å². The van der Waals surface area contributed by atoms with Gasteiger partial charge in [0.1, 0.15) is 0 Å². The molecule has 1 N–H and O–H groups in total. The van der Waals surface area contributed by atoms with Crippen molar-refractivity contribution in [1.82, 2.24) is 15.1 Å². The third-order valence-corrected chi connectivity index (χ3v) is 4.74. The fourth-order valence-corrected chi connectivity index (χ4v) is 2.99. The van der Waals surface area contributed by atoms with Crippen LogP contribution in [0.4, 0.5) is 0 Å². The first-order valence-corrected chi connectivity index (χ1v) is 7.35. The highest BCUT2D eigenvalue weighted by molar-refractivity contribution is 4.88. The highest BCUT2D eigenvalue weighted by Crippen LogP contribution is 2.20. The second-order valence-electron chi connectivity index (χ2n) is 6.05. The number of hydrogen-bond acceptors (Lipinski definition) is 3. The summed E-state index contributed by atoms with van der Waals surface area (Å²) in [4.78, 5) is 5.29. The molecule has 2 heterocycles. The van der Waals surface area contributed by atoms with Gasteiger partial charge in [0.2, 0.25) is 0 Å². The Hall–Kier alpha value is -0.120. The van der Waals surface area contributed by atoms with Gasteiger partial charge in [-0.2, -0.15) is 0 Å². The minimum atomic E-state index is 0.391. The molecule has 100 valence electrons. The zero-order valence-corrected chi connectivity index (χ0v) is 11.7. The molecule has 2 fully saturated rings. The number of hydrogen-bond donors (Lipinski definition) is 1. The maximum absolute atomic E-state index is 3.47. The molecule has 0 spiro atoms. The van der Waals surface area contributed by atoms with E-state index < -0.39 is 0 Å². The smallest absolute Gasteiger partial charge is 0.0174 e. The molecule has 2 saturated heterocycles. The van der Waals surface area contributed by atoms with Crippen LogP contribution in [0.1, 0.15) is 39.0 Å². The van der Waals surface area contributed by atoms with E-state index in [1.165, 1.54) is 71.4 Å². The summed E-state index contributed by atoms with van der Waals surface area (Å²) in [5.74, 6) is 0. The van der Waals surface area contributed by atoms with Crippen LogP contribution in [0.2, 0.25) is 0 Å². The summed E-state index contributed by atoms with van der Waals surface area (Å²) in [6.45, 7) is 10.1. The first-order valence-electron chi connectivity index (χ1n) is 7.35. The van der Waals surface area contributed by atoms with Gasteiger partial charge in [-0.25, -0.2) is 0 Å². The van der Waals surface area contributed by atoms with Gasteiger partial charge in [-0.1, -0.05) is 6.42 Å². The summed E-state index contributed by atoms with van der Waals surface area (Å²) in [6, 6.07) is 0. The van der Waals surface area contributed by atoms with Crippen molar-refractivity contribution < 1.29 is 0 Å².